The molecule has 1 aromatic heterocycles. The van der Waals surface area contributed by atoms with Gasteiger partial charge in [0, 0.05) is 24.0 Å². The molecule has 118 valence electrons. The molecular weight excluding hydrogens is 309 g/mol. The summed E-state index contributed by atoms with van der Waals surface area (Å²) in [5, 5.41) is 8.63. The predicted octanol–water partition coefficient (Wildman–Crippen LogP) is 3.57. The molecule has 0 aliphatic heterocycles. The van der Waals surface area contributed by atoms with Crippen molar-refractivity contribution in [1.29, 1.82) is 0 Å². The number of rotatable bonds is 4. The quantitative estimate of drug-likeness (QED) is 0.691. The van der Waals surface area contributed by atoms with Crippen molar-refractivity contribution >= 4 is 11.5 Å². The summed E-state index contributed by atoms with van der Waals surface area (Å²) in [5.41, 5.74) is 0.799. The molecule has 4 nitrogen and oxygen atoms in total. The van der Waals surface area contributed by atoms with Crippen LogP contribution >= 0.6 is 0 Å². The smallest absolute Gasteiger partial charge is 0.416 e. The zero-order valence-electron chi connectivity index (χ0n) is 11.7. The minimum Gasteiger partial charge on any atom is -0.478 e. The van der Waals surface area contributed by atoms with Crippen LogP contribution in [-0.2, 0) is 11.0 Å². The maximum Gasteiger partial charge on any atom is 0.416 e. The highest BCUT2D eigenvalue weighted by Crippen LogP contribution is 2.31. The second kappa shape index (κ2) is 6.87. The van der Waals surface area contributed by atoms with Crippen molar-refractivity contribution in [2.45, 2.75) is 6.18 Å². The fourth-order valence-corrected chi connectivity index (χ4v) is 1.86. The van der Waals surface area contributed by atoms with E-state index in [0.717, 1.165) is 18.2 Å². The largest absolute Gasteiger partial charge is 0.478 e. The normalized spacial score (nSPS) is 12.6. The molecule has 0 saturated carbocycles. The Morgan fingerprint density at radius 3 is 2.17 bits per heavy atom. The van der Waals surface area contributed by atoms with Crippen LogP contribution in [0.3, 0.4) is 0 Å². The topological polar surface area (TPSA) is 63.1 Å². The Morgan fingerprint density at radius 2 is 1.65 bits per heavy atom. The van der Waals surface area contributed by atoms with Crippen molar-refractivity contribution < 1.29 is 23.1 Å². The summed E-state index contributed by atoms with van der Waals surface area (Å²) in [7, 11) is 0. The minimum absolute atomic E-state index is 0.489. The summed E-state index contributed by atoms with van der Waals surface area (Å²) < 4.78 is 37.9. The molecule has 1 heterocycles. The van der Waals surface area contributed by atoms with Crippen molar-refractivity contribution in [2.75, 3.05) is 0 Å². The first-order chi connectivity index (χ1) is 10.9. The number of carbonyl (C=O) groups is 1. The Kier molecular flexibility index (Phi) is 4.90. The van der Waals surface area contributed by atoms with Gasteiger partial charge in [-0.15, -0.1) is 0 Å². The van der Waals surface area contributed by atoms with Gasteiger partial charge in [0.15, 0.2) is 0 Å². The number of nitrogens with zero attached hydrogens (tertiary/aromatic N) is 2. The molecule has 0 fully saturated rings. The average Bonchev–Trinajstić information content (AvgIpc) is 2.51. The number of alkyl halides is 3. The van der Waals surface area contributed by atoms with Gasteiger partial charge in [-0.2, -0.15) is 13.2 Å². The van der Waals surface area contributed by atoms with Gasteiger partial charge in [0.1, 0.15) is 6.33 Å². The first-order valence-electron chi connectivity index (χ1n) is 6.42. The molecule has 7 heteroatoms. The van der Waals surface area contributed by atoms with Gasteiger partial charge in [-0.1, -0.05) is 24.3 Å². The molecule has 23 heavy (non-hydrogen) atoms. The minimum atomic E-state index is -4.42. The van der Waals surface area contributed by atoms with E-state index >= 15 is 0 Å². The Bertz CT molecular complexity index is 736. The number of aliphatic carboxylic acids is 1. The molecule has 2 rings (SSSR count). The number of hydrogen-bond donors (Lipinski definition) is 1. The average molecular weight is 320 g/mol. The maximum absolute atomic E-state index is 12.6. The van der Waals surface area contributed by atoms with E-state index in [1.165, 1.54) is 43.0 Å². The molecular formula is C16H11F3N2O2. The Morgan fingerprint density at radius 1 is 1.04 bits per heavy atom. The van der Waals surface area contributed by atoms with Crippen molar-refractivity contribution in [3.63, 3.8) is 0 Å². The zero-order chi connectivity index (χ0) is 16.9. The monoisotopic (exact) mass is 320 g/mol. The van der Waals surface area contributed by atoms with Gasteiger partial charge in [0.05, 0.1) is 5.56 Å². The van der Waals surface area contributed by atoms with Crippen LogP contribution < -0.4 is 0 Å². The zero-order valence-corrected chi connectivity index (χ0v) is 11.7. The van der Waals surface area contributed by atoms with E-state index in [-0.39, 0.29) is 0 Å². The van der Waals surface area contributed by atoms with Gasteiger partial charge in [-0.05, 0) is 23.3 Å². The van der Waals surface area contributed by atoms with E-state index in [9.17, 15) is 18.0 Å². The standard InChI is InChI=1S/C16H11F3N2O2/c17-16(18,19)13-6-4-11(5-7-13)14(2-1-3-15(22)23)12-8-20-10-21-9-12/h1-10H,(H,22,23). The second-order valence-corrected chi connectivity index (χ2v) is 4.48. The summed E-state index contributed by atoms with van der Waals surface area (Å²) >= 11 is 0. The number of hydrogen-bond acceptors (Lipinski definition) is 3. The van der Waals surface area contributed by atoms with Gasteiger partial charge >= 0.3 is 12.1 Å². The van der Waals surface area contributed by atoms with Crippen molar-refractivity contribution in [3.8, 4) is 0 Å². The van der Waals surface area contributed by atoms with Crippen molar-refractivity contribution in [2.24, 2.45) is 0 Å². The van der Waals surface area contributed by atoms with Crippen molar-refractivity contribution in [3.05, 3.63) is 77.9 Å². The molecule has 2 aromatic rings. The number of benzene rings is 1. The molecule has 0 atom stereocenters. The van der Waals surface area contributed by atoms with E-state index in [4.69, 9.17) is 5.11 Å². The highest BCUT2D eigenvalue weighted by Gasteiger charge is 2.30. The number of allylic oxidation sites excluding steroid dienone is 2. The third kappa shape index (κ3) is 4.50. The van der Waals surface area contributed by atoms with E-state index in [1.807, 2.05) is 0 Å². The van der Waals surface area contributed by atoms with Gasteiger partial charge in [0.2, 0.25) is 0 Å². The highest BCUT2D eigenvalue weighted by atomic mass is 19.4. The Hall–Kier alpha value is -2.96. The van der Waals surface area contributed by atoms with Crippen LogP contribution in [0.5, 0.6) is 0 Å². The van der Waals surface area contributed by atoms with Crippen LogP contribution in [0.15, 0.2) is 61.2 Å². The summed E-state index contributed by atoms with van der Waals surface area (Å²) in [6.45, 7) is 0. The lowest BCUT2D eigenvalue weighted by atomic mass is 9.98. The molecule has 0 saturated heterocycles. The molecule has 0 radical (unpaired) electrons. The lowest BCUT2D eigenvalue weighted by Crippen LogP contribution is -2.04. The van der Waals surface area contributed by atoms with E-state index in [1.54, 1.807) is 0 Å². The number of carboxylic acid groups (broad SMARTS) is 1. The van der Waals surface area contributed by atoms with Crippen LogP contribution in [0, 0.1) is 0 Å². The van der Waals surface area contributed by atoms with Gasteiger partial charge in [-0.3, -0.25) is 0 Å². The van der Waals surface area contributed by atoms with E-state index in [2.05, 4.69) is 9.97 Å². The molecule has 0 unspecified atom stereocenters. The van der Waals surface area contributed by atoms with Crippen LogP contribution in [0.4, 0.5) is 13.2 Å². The SMILES string of the molecule is O=C(O)C=CC=C(c1ccc(C(F)(F)F)cc1)c1cncnc1. The fourth-order valence-electron chi connectivity index (χ4n) is 1.86. The van der Waals surface area contributed by atoms with Crippen LogP contribution in [0.25, 0.3) is 5.57 Å². The highest BCUT2D eigenvalue weighted by molar-refractivity contribution is 5.83. The number of carboxylic acids is 1. The number of aromatic nitrogens is 2. The molecule has 0 spiro atoms. The lowest BCUT2D eigenvalue weighted by Gasteiger charge is -2.10. The summed E-state index contributed by atoms with van der Waals surface area (Å²) in [6, 6.07) is 4.56. The molecule has 1 aromatic carbocycles. The predicted molar refractivity (Wildman–Crippen MR) is 77.3 cm³/mol. The molecule has 0 bridgehead atoms. The Labute approximate surface area is 129 Å². The van der Waals surface area contributed by atoms with Crippen LogP contribution in [-0.4, -0.2) is 21.0 Å². The second-order valence-electron chi connectivity index (χ2n) is 4.48. The molecule has 1 N–H and O–H groups in total. The summed E-state index contributed by atoms with van der Waals surface area (Å²) in [4.78, 5) is 18.3. The van der Waals surface area contributed by atoms with E-state index in [0.29, 0.717) is 16.7 Å². The summed E-state index contributed by atoms with van der Waals surface area (Å²) in [5.74, 6) is -1.13. The third-order valence-corrected chi connectivity index (χ3v) is 2.90. The van der Waals surface area contributed by atoms with E-state index < -0.39 is 17.7 Å². The van der Waals surface area contributed by atoms with Gasteiger partial charge < -0.3 is 5.11 Å². The lowest BCUT2D eigenvalue weighted by molar-refractivity contribution is -0.137. The van der Waals surface area contributed by atoms with Gasteiger partial charge in [0.25, 0.3) is 0 Å². The van der Waals surface area contributed by atoms with Gasteiger partial charge in [-0.25, -0.2) is 14.8 Å². The molecule has 0 aliphatic rings. The first-order valence-corrected chi connectivity index (χ1v) is 6.42. The summed E-state index contributed by atoms with van der Waals surface area (Å²) in [6.07, 6.45) is 3.59. The molecule has 0 amide bonds. The molecule has 0 aliphatic carbocycles. The van der Waals surface area contributed by atoms with Crippen LogP contribution in [0.2, 0.25) is 0 Å². The Balaban J connectivity index is 2.44. The third-order valence-electron chi connectivity index (χ3n) is 2.90. The fraction of sp³-hybridized carbons (Fsp3) is 0.0625. The maximum atomic E-state index is 12.6. The first kappa shape index (κ1) is 16.4. The number of halogens is 3. The van der Waals surface area contributed by atoms with Crippen LogP contribution in [0.1, 0.15) is 16.7 Å². The van der Waals surface area contributed by atoms with Crippen molar-refractivity contribution in [1.82, 2.24) is 9.97 Å².